The van der Waals surface area contributed by atoms with Crippen molar-refractivity contribution in [3.05, 3.63) is 29.8 Å². The van der Waals surface area contributed by atoms with E-state index < -0.39 is 11.6 Å². The lowest BCUT2D eigenvalue weighted by molar-refractivity contribution is -0.157. The first-order valence-corrected chi connectivity index (χ1v) is 7.05. The third-order valence-electron chi connectivity index (χ3n) is 2.99. The highest BCUT2D eigenvalue weighted by atomic mass is 16.6. The van der Waals surface area contributed by atoms with Gasteiger partial charge in [-0.3, -0.25) is 4.79 Å². The van der Waals surface area contributed by atoms with Gasteiger partial charge in [0.1, 0.15) is 5.75 Å². The van der Waals surface area contributed by atoms with Crippen LogP contribution in [0.15, 0.2) is 24.3 Å². The average Bonchev–Trinajstić information content (AvgIpc) is 2.48. The van der Waals surface area contributed by atoms with E-state index in [1.807, 2.05) is 31.2 Å². The topological polar surface area (TPSA) is 98.9 Å². The van der Waals surface area contributed by atoms with Crippen molar-refractivity contribution < 1.29 is 24.2 Å². The van der Waals surface area contributed by atoms with Gasteiger partial charge in [0.05, 0.1) is 7.11 Å². The number of aliphatic carboxylic acids is 1. The van der Waals surface area contributed by atoms with Crippen LogP contribution in [0.25, 0.3) is 0 Å². The zero-order valence-corrected chi connectivity index (χ0v) is 13.6. The van der Waals surface area contributed by atoms with Gasteiger partial charge in [0.25, 0.3) is 5.97 Å². The first-order chi connectivity index (χ1) is 10.3. The summed E-state index contributed by atoms with van der Waals surface area (Å²) in [6.07, 6.45) is 1.38. The third kappa shape index (κ3) is 7.08. The molecule has 22 heavy (non-hydrogen) atoms. The number of methoxy groups -OCH3 is 1. The van der Waals surface area contributed by atoms with E-state index in [1.54, 1.807) is 6.92 Å². The van der Waals surface area contributed by atoms with Gasteiger partial charge in [-0.15, -0.1) is 0 Å². The highest BCUT2D eigenvalue weighted by Gasteiger charge is 2.34. The minimum atomic E-state index is -0.940. The fourth-order valence-corrected chi connectivity index (χ4v) is 1.63. The lowest BCUT2D eigenvalue weighted by atomic mass is 10.0. The van der Waals surface area contributed by atoms with Crippen LogP contribution in [0.2, 0.25) is 0 Å². The zero-order valence-electron chi connectivity index (χ0n) is 13.6. The maximum atomic E-state index is 11.7. The normalized spacial score (nSPS) is 12.4. The molecule has 0 spiro atoms. The summed E-state index contributed by atoms with van der Waals surface area (Å²) in [5, 5.41) is 7.42. The minimum absolute atomic E-state index is 0.365. The predicted molar refractivity (Wildman–Crippen MR) is 83.9 cm³/mol. The molecule has 0 bridgehead atoms. The molecule has 6 heteroatoms. The summed E-state index contributed by atoms with van der Waals surface area (Å²) >= 11 is 0. The average molecular weight is 311 g/mol. The number of carbonyl (C=O) groups is 2. The molecule has 0 amide bonds. The van der Waals surface area contributed by atoms with Gasteiger partial charge in [-0.25, -0.2) is 4.79 Å². The molecule has 1 aromatic carbocycles. The van der Waals surface area contributed by atoms with Crippen LogP contribution in [0.3, 0.4) is 0 Å². The molecule has 1 rings (SSSR count). The molecular weight excluding hydrogens is 286 g/mol. The van der Waals surface area contributed by atoms with E-state index in [4.69, 9.17) is 25.1 Å². The van der Waals surface area contributed by atoms with E-state index in [9.17, 15) is 4.79 Å². The van der Waals surface area contributed by atoms with Crippen molar-refractivity contribution >= 4 is 11.9 Å². The molecular formula is C16H25NO5. The number of hydrogen-bond acceptors (Lipinski definition) is 5. The van der Waals surface area contributed by atoms with Crippen LogP contribution < -0.4 is 10.5 Å². The molecule has 1 aromatic rings. The van der Waals surface area contributed by atoms with E-state index in [0.717, 1.165) is 18.9 Å². The van der Waals surface area contributed by atoms with Crippen molar-refractivity contribution in [2.75, 3.05) is 13.7 Å². The maximum Gasteiger partial charge on any atom is 0.349 e. The number of benzene rings is 1. The van der Waals surface area contributed by atoms with Crippen LogP contribution in [0.5, 0.6) is 5.75 Å². The number of esters is 1. The van der Waals surface area contributed by atoms with Crippen molar-refractivity contribution in [3.63, 3.8) is 0 Å². The molecule has 0 saturated carbocycles. The summed E-state index contributed by atoms with van der Waals surface area (Å²) in [5.74, 6) is -0.540. The molecule has 124 valence electrons. The van der Waals surface area contributed by atoms with E-state index in [2.05, 4.69) is 0 Å². The van der Waals surface area contributed by atoms with E-state index >= 15 is 0 Å². The molecule has 0 aromatic heterocycles. The lowest BCUT2D eigenvalue weighted by Crippen LogP contribution is -2.41. The van der Waals surface area contributed by atoms with E-state index in [1.165, 1.54) is 7.11 Å². The molecule has 6 nitrogen and oxygen atoms in total. The Morgan fingerprint density at radius 2 is 1.77 bits per heavy atom. The molecule has 3 N–H and O–H groups in total. The molecule has 0 radical (unpaired) electrons. The Labute approximate surface area is 131 Å². The van der Waals surface area contributed by atoms with Crippen molar-refractivity contribution in [1.82, 2.24) is 0 Å². The number of hydrogen-bond donors (Lipinski definition) is 2. The van der Waals surface area contributed by atoms with E-state index in [0.29, 0.717) is 18.7 Å². The number of carboxylic acids is 1. The van der Waals surface area contributed by atoms with Gasteiger partial charge in [-0.05, 0) is 44.0 Å². The second-order valence-corrected chi connectivity index (χ2v) is 4.88. The van der Waals surface area contributed by atoms with Crippen LogP contribution in [0, 0.1) is 0 Å². The summed E-state index contributed by atoms with van der Waals surface area (Å²) in [6, 6.07) is 7.61. The Bertz CT molecular complexity index is 468. The fourth-order valence-electron chi connectivity index (χ4n) is 1.63. The maximum absolute atomic E-state index is 11.7. The Balaban J connectivity index is 0.000000980. The number of carboxylic acid groups (broad SMARTS) is 1. The van der Waals surface area contributed by atoms with Gasteiger partial charge in [0.15, 0.2) is 0 Å². The first kappa shape index (κ1) is 19.9. The molecule has 0 fully saturated rings. The summed E-state index contributed by atoms with van der Waals surface area (Å²) < 4.78 is 10.5. The Kier molecular flexibility index (Phi) is 8.86. The highest BCUT2D eigenvalue weighted by molar-refractivity contribution is 5.79. The van der Waals surface area contributed by atoms with E-state index in [-0.39, 0.29) is 5.97 Å². The molecule has 0 heterocycles. The van der Waals surface area contributed by atoms with Gasteiger partial charge < -0.3 is 20.3 Å². The minimum Gasteiger partial charge on any atom is -0.481 e. The third-order valence-corrected chi connectivity index (χ3v) is 2.99. The van der Waals surface area contributed by atoms with Gasteiger partial charge in [0.2, 0.25) is 5.60 Å². The number of ether oxygens (including phenoxy) is 2. The zero-order chi connectivity index (χ0) is 17.2. The summed E-state index contributed by atoms with van der Waals surface area (Å²) in [4.78, 5) is 20.7. The molecule has 0 aliphatic rings. The van der Waals surface area contributed by atoms with Gasteiger partial charge in [-0.1, -0.05) is 19.1 Å². The number of nitrogens with two attached hydrogens (primary N) is 1. The van der Waals surface area contributed by atoms with Crippen molar-refractivity contribution in [2.24, 2.45) is 5.73 Å². The van der Waals surface area contributed by atoms with Gasteiger partial charge in [0, 0.05) is 6.92 Å². The summed E-state index contributed by atoms with van der Waals surface area (Å²) in [6.45, 7) is 5.32. The lowest BCUT2D eigenvalue weighted by Gasteiger charge is -2.26. The molecule has 0 saturated heterocycles. The number of carbonyl (C=O) groups excluding carboxylic acids is 1. The molecule has 1 atom stereocenters. The Hall–Kier alpha value is -2.08. The van der Waals surface area contributed by atoms with Crippen LogP contribution >= 0.6 is 0 Å². The van der Waals surface area contributed by atoms with Crippen molar-refractivity contribution in [1.29, 1.82) is 0 Å². The molecule has 0 aliphatic carbocycles. The van der Waals surface area contributed by atoms with Gasteiger partial charge >= 0.3 is 5.97 Å². The Morgan fingerprint density at radius 3 is 2.14 bits per heavy atom. The van der Waals surface area contributed by atoms with Crippen LogP contribution in [-0.4, -0.2) is 36.3 Å². The fraction of sp³-hybridized carbons (Fsp3) is 0.500. The monoisotopic (exact) mass is 311 g/mol. The smallest absolute Gasteiger partial charge is 0.349 e. The SMILES string of the molecule is CC(=O)O.CCC(C)(Oc1ccc(CCN)cc1)C(=O)OC. The second kappa shape index (κ2) is 9.78. The van der Waals surface area contributed by atoms with Crippen LogP contribution in [0.4, 0.5) is 0 Å². The number of rotatable bonds is 6. The first-order valence-electron chi connectivity index (χ1n) is 7.05. The predicted octanol–water partition coefficient (Wildman–Crippen LogP) is 2.00. The van der Waals surface area contributed by atoms with Crippen molar-refractivity contribution in [3.8, 4) is 5.75 Å². The molecule has 0 aliphatic heterocycles. The second-order valence-electron chi connectivity index (χ2n) is 4.88. The van der Waals surface area contributed by atoms with Crippen LogP contribution in [-0.2, 0) is 20.7 Å². The largest absolute Gasteiger partial charge is 0.481 e. The van der Waals surface area contributed by atoms with Crippen molar-refractivity contribution in [2.45, 2.75) is 39.2 Å². The standard InChI is InChI=1S/C14H21NO3.C2H4O2/c1-4-14(2,13(16)17-3)18-12-7-5-11(6-8-12)9-10-15;1-2(3)4/h5-8H,4,9-10,15H2,1-3H3;1H3,(H,3,4). The highest BCUT2D eigenvalue weighted by Crippen LogP contribution is 2.23. The quantitative estimate of drug-likeness (QED) is 0.780. The van der Waals surface area contributed by atoms with Crippen LogP contribution in [0.1, 0.15) is 32.8 Å². The Morgan fingerprint density at radius 1 is 1.27 bits per heavy atom. The molecule has 1 unspecified atom stereocenters. The van der Waals surface area contributed by atoms with Gasteiger partial charge in [-0.2, -0.15) is 0 Å². The summed E-state index contributed by atoms with van der Waals surface area (Å²) in [7, 11) is 1.37. The summed E-state index contributed by atoms with van der Waals surface area (Å²) in [5.41, 5.74) is 5.70.